The highest BCUT2D eigenvalue weighted by Gasteiger charge is 2.21. The molecule has 6 nitrogen and oxygen atoms in total. The van der Waals surface area contributed by atoms with Gasteiger partial charge in [0.1, 0.15) is 4.90 Å². The third-order valence-corrected chi connectivity index (χ3v) is 3.89. The molecule has 0 fully saturated rings. The first kappa shape index (κ1) is 10.6. The first-order valence-corrected chi connectivity index (χ1v) is 5.94. The lowest BCUT2D eigenvalue weighted by Gasteiger charge is -2.17. The van der Waals surface area contributed by atoms with Crippen LogP contribution in [-0.4, -0.2) is 30.6 Å². The molecular weight excluding hydrogens is 228 g/mol. The Labute approximate surface area is 93.0 Å². The van der Waals surface area contributed by atoms with Crippen molar-refractivity contribution in [2.75, 3.05) is 11.4 Å². The zero-order chi connectivity index (χ0) is 11.6. The lowest BCUT2D eigenvalue weighted by Crippen LogP contribution is -2.26. The van der Waals surface area contributed by atoms with E-state index in [1.165, 1.54) is 25.6 Å². The number of sulfonamides is 1. The highest BCUT2D eigenvalue weighted by atomic mass is 32.2. The summed E-state index contributed by atoms with van der Waals surface area (Å²) in [5.74, 6) is 0. The standard InChI is InChI=1S/C9H10N4O2S/c1-13(8-3-2-4-10-5-8)16(14,15)9-6-11-12-7-9/h2-7H,1H3,(H,11,12). The fraction of sp³-hybridized carbons (Fsp3) is 0.111. The van der Waals surface area contributed by atoms with Crippen molar-refractivity contribution in [1.82, 2.24) is 15.2 Å². The minimum absolute atomic E-state index is 0.124. The monoisotopic (exact) mass is 238 g/mol. The van der Waals surface area contributed by atoms with E-state index < -0.39 is 10.0 Å². The molecule has 7 heteroatoms. The minimum atomic E-state index is -3.55. The van der Waals surface area contributed by atoms with E-state index in [0.717, 1.165) is 4.31 Å². The van der Waals surface area contributed by atoms with Crippen molar-refractivity contribution in [3.63, 3.8) is 0 Å². The molecular formula is C9H10N4O2S. The summed E-state index contributed by atoms with van der Waals surface area (Å²) in [5, 5.41) is 6.09. The van der Waals surface area contributed by atoms with Gasteiger partial charge in [-0.1, -0.05) is 0 Å². The van der Waals surface area contributed by atoms with Gasteiger partial charge in [0, 0.05) is 19.4 Å². The number of H-pyrrole nitrogens is 1. The van der Waals surface area contributed by atoms with E-state index in [0.29, 0.717) is 5.69 Å². The van der Waals surface area contributed by atoms with Crippen LogP contribution in [0.1, 0.15) is 0 Å². The summed E-state index contributed by atoms with van der Waals surface area (Å²) in [6.07, 6.45) is 5.67. The molecule has 0 spiro atoms. The van der Waals surface area contributed by atoms with Crippen LogP contribution in [0.3, 0.4) is 0 Å². The third-order valence-electron chi connectivity index (χ3n) is 2.14. The minimum Gasteiger partial charge on any atom is -0.284 e. The fourth-order valence-electron chi connectivity index (χ4n) is 1.22. The molecule has 0 saturated carbocycles. The number of aromatic nitrogens is 3. The second-order valence-electron chi connectivity index (χ2n) is 3.12. The number of anilines is 1. The Morgan fingerprint density at radius 3 is 2.75 bits per heavy atom. The molecule has 2 aromatic rings. The fourth-order valence-corrected chi connectivity index (χ4v) is 2.31. The van der Waals surface area contributed by atoms with E-state index in [9.17, 15) is 8.42 Å². The van der Waals surface area contributed by atoms with Crippen molar-refractivity contribution in [3.8, 4) is 0 Å². The van der Waals surface area contributed by atoms with Crippen LogP contribution in [0.25, 0.3) is 0 Å². The second kappa shape index (κ2) is 3.93. The predicted molar refractivity (Wildman–Crippen MR) is 58.4 cm³/mol. The number of nitrogens with one attached hydrogen (secondary N) is 1. The smallest absolute Gasteiger partial charge is 0.267 e. The maximum atomic E-state index is 12.0. The summed E-state index contributed by atoms with van der Waals surface area (Å²) in [4.78, 5) is 3.99. The summed E-state index contributed by atoms with van der Waals surface area (Å²) in [7, 11) is -2.08. The molecule has 2 heterocycles. The summed E-state index contributed by atoms with van der Waals surface area (Å²) in [6.45, 7) is 0. The molecule has 0 aliphatic rings. The molecule has 2 aromatic heterocycles. The van der Waals surface area contributed by atoms with Gasteiger partial charge in [-0.05, 0) is 12.1 Å². The quantitative estimate of drug-likeness (QED) is 0.850. The lowest BCUT2D eigenvalue weighted by atomic mass is 10.4. The van der Waals surface area contributed by atoms with Gasteiger partial charge >= 0.3 is 0 Å². The molecule has 0 aromatic carbocycles. The Kier molecular flexibility index (Phi) is 2.61. The van der Waals surface area contributed by atoms with Gasteiger partial charge in [0.15, 0.2) is 0 Å². The van der Waals surface area contributed by atoms with Gasteiger partial charge < -0.3 is 0 Å². The van der Waals surface area contributed by atoms with Crippen molar-refractivity contribution >= 4 is 15.7 Å². The van der Waals surface area contributed by atoms with Crippen molar-refractivity contribution in [2.45, 2.75) is 4.90 Å². The Bertz CT molecular complexity index is 550. The molecule has 0 unspecified atom stereocenters. The normalized spacial score (nSPS) is 11.3. The molecule has 0 bridgehead atoms. The first-order valence-electron chi connectivity index (χ1n) is 4.50. The Morgan fingerprint density at radius 2 is 2.19 bits per heavy atom. The van der Waals surface area contributed by atoms with Gasteiger partial charge in [0.2, 0.25) is 0 Å². The number of hydrogen-bond acceptors (Lipinski definition) is 4. The second-order valence-corrected chi connectivity index (χ2v) is 5.09. The molecule has 2 rings (SSSR count). The van der Waals surface area contributed by atoms with E-state index in [1.807, 2.05) is 0 Å². The Hall–Kier alpha value is -1.89. The van der Waals surface area contributed by atoms with Gasteiger partial charge in [0.25, 0.3) is 10.0 Å². The van der Waals surface area contributed by atoms with Crippen LogP contribution in [0.15, 0.2) is 41.8 Å². The Morgan fingerprint density at radius 1 is 1.38 bits per heavy atom. The summed E-state index contributed by atoms with van der Waals surface area (Å²) >= 11 is 0. The van der Waals surface area contributed by atoms with Crippen LogP contribution >= 0.6 is 0 Å². The van der Waals surface area contributed by atoms with Crippen LogP contribution in [0, 0.1) is 0 Å². The molecule has 0 saturated heterocycles. The van der Waals surface area contributed by atoms with E-state index in [2.05, 4.69) is 15.2 Å². The van der Waals surface area contributed by atoms with Crippen LogP contribution in [0.2, 0.25) is 0 Å². The summed E-state index contributed by atoms with van der Waals surface area (Å²) in [6, 6.07) is 3.35. The van der Waals surface area contributed by atoms with Crippen LogP contribution in [-0.2, 0) is 10.0 Å². The molecule has 0 amide bonds. The van der Waals surface area contributed by atoms with Gasteiger partial charge in [-0.3, -0.25) is 14.4 Å². The highest BCUT2D eigenvalue weighted by molar-refractivity contribution is 7.92. The maximum Gasteiger partial charge on any atom is 0.267 e. The van der Waals surface area contributed by atoms with Gasteiger partial charge in [0.05, 0.1) is 18.1 Å². The number of nitrogens with zero attached hydrogens (tertiary/aromatic N) is 3. The molecule has 0 radical (unpaired) electrons. The topological polar surface area (TPSA) is 79.0 Å². The SMILES string of the molecule is CN(c1cccnc1)S(=O)(=O)c1cn[nH]c1. The van der Waals surface area contributed by atoms with Crippen molar-refractivity contribution in [3.05, 3.63) is 36.9 Å². The van der Waals surface area contributed by atoms with Gasteiger partial charge in [-0.25, -0.2) is 8.42 Å². The molecule has 1 N–H and O–H groups in total. The zero-order valence-corrected chi connectivity index (χ0v) is 9.35. The van der Waals surface area contributed by atoms with E-state index in [-0.39, 0.29) is 4.90 Å². The van der Waals surface area contributed by atoms with E-state index in [1.54, 1.807) is 18.3 Å². The first-order chi connectivity index (χ1) is 7.62. The molecule has 0 aliphatic heterocycles. The van der Waals surface area contributed by atoms with Crippen LogP contribution in [0.4, 0.5) is 5.69 Å². The number of aromatic amines is 1. The molecule has 16 heavy (non-hydrogen) atoms. The maximum absolute atomic E-state index is 12.0. The Balaban J connectivity index is 2.40. The average Bonchev–Trinajstić information content (AvgIpc) is 2.83. The predicted octanol–water partition coefficient (Wildman–Crippen LogP) is 0.630. The largest absolute Gasteiger partial charge is 0.284 e. The molecule has 84 valence electrons. The lowest BCUT2D eigenvalue weighted by molar-refractivity contribution is 0.594. The van der Waals surface area contributed by atoms with Crippen molar-refractivity contribution in [2.24, 2.45) is 0 Å². The van der Waals surface area contributed by atoms with Crippen molar-refractivity contribution in [1.29, 1.82) is 0 Å². The van der Waals surface area contributed by atoms with E-state index in [4.69, 9.17) is 0 Å². The third kappa shape index (κ3) is 1.76. The van der Waals surface area contributed by atoms with Crippen molar-refractivity contribution < 1.29 is 8.42 Å². The highest BCUT2D eigenvalue weighted by Crippen LogP contribution is 2.19. The van der Waals surface area contributed by atoms with Gasteiger partial charge in [-0.15, -0.1) is 0 Å². The number of rotatable bonds is 3. The average molecular weight is 238 g/mol. The van der Waals surface area contributed by atoms with Crippen LogP contribution in [0.5, 0.6) is 0 Å². The van der Waals surface area contributed by atoms with Crippen LogP contribution < -0.4 is 4.31 Å². The summed E-state index contributed by atoms with van der Waals surface area (Å²) < 4.78 is 25.2. The molecule has 0 aliphatic carbocycles. The molecule has 0 atom stereocenters. The zero-order valence-electron chi connectivity index (χ0n) is 8.53. The van der Waals surface area contributed by atoms with E-state index >= 15 is 0 Å². The number of pyridine rings is 1. The van der Waals surface area contributed by atoms with Gasteiger partial charge in [-0.2, -0.15) is 5.10 Å². The number of hydrogen-bond donors (Lipinski definition) is 1. The summed E-state index contributed by atoms with van der Waals surface area (Å²) in [5.41, 5.74) is 0.503.